The lowest BCUT2D eigenvalue weighted by molar-refractivity contribution is -0.0525. The molecule has 2 saturated heterocycles. The van der Waals surface area contributed by atoms with Gasteiger partial charge in [-0.15, -0.1) is 0 Å². The monoisotopic (exact) mass is 347 g/mol. The van der Waals surface area contributed by atoms with Gasteiger partial charge in [-0.2, -0.15) is 0 Å². The van der Waals surface area contributed by atoms with Crippen molar-refractivity contribution in [1.29, 1.82) is 0 Å². The van der Waals surface area contributed by atoms with Gasteiger partial charge in [0.1, 0.15) is 11.6 Å². The minimum Gasteiger partial charge on any atom is -0.374 e. The number of nitrogens with zero attached hydrogens (tertiary/aromatic N) is 5. The van der Waals surface area contributed by atoms with E-state index in [1.165, 1.54) is 0 Å². The highest BCUT2D eigenvalue weighted by atomic mass is 16.5. The fourth-order valence-electron chi connectivity index (χ4n) is 3.72. The van der Waals surface area contributed by atoms with Gasteiger partial charge >= 0.3 is 0 Å². The summed E-state index contributed by atoms with van der Waals surface area (Å²) in [5, 5.41) is 0. The van der Waals surface area contributed by atoms with Crippen molar-refractivity contribution in [2.75, 3.05) is 57.3 Å². The molecule has 0 spiro atoms. The molecule has 1 aromatic heterocycles. The number of hydrogen-bond acceptors (Lipinski definition) is 6. The summed E-state index contributed by atoms with van der Waals surface area (Å²) in [7, 11) is 0. The Morgan fingerprint density at radius 3 is 2.60 bits per heavy atom. The molecule has 2 aliphatic heterocycles. The number of anilines is 1. The molecular formula is C19H33N5O. The molecular weight excluding hydrogens is 314 g/mol. The third kappa shape index (κ3) is 4.90. The van der Waals surface area contributed by atoms with E-state index >= 15 is 0 Å². The van der Waals surface area contributed by atoms with E-state index in [4.69, 9.17) is 4.74 Å². The van der Waals surface area contributed by atoms with E-state index in [9.17, 15) is 0 Å². The van der Waals surface area contributed by atoms with Crippen LogP contribution in [-0.4, -0.2) is 84.3 Å². The number of piperazine rings is 1. The first-order chi connectivity index (χ1) is 12.0. The second kappa shape index (κ2) is 8.43. The summed E-state index contributed by atoms with van der Waals surface area (Å²) in [6.07, 6.45) is 1.30. The molecule has 1 unspecified atom stereocenters. The quantitative estimate of drug-likeness (QED) is 0.806. The summed E-state index contributed by atoms with van der Waals surface area (Å²) in [5.41, 5.74) is 1.13. The Kier molecular flexibility index (Phi) is 6.25. The van der Waals surface area contributed by atoms with Crippen LogP contribution < -0.4 is 4.90 Å². The van der Waals surface area contributed by atoms with Gasteiger partial charge in [-0.3, -0.25) is 9.80 Å². The van der Waals surface area contributed by atoms with Gasteiger partial charge in [0.05, 0.1) is 12.7 Å². The fourth-order valence-corrected chi connectivity index (χ4v) is 3.72. The van der Waals surface area contributed by atoms with Gasteiger partial charge in [0, 0.05) is 63.6 Å². The van der Waals surface area contributed by atoms with Crippen molar-refractivity contribution in [3.05, 3.63) is 17.6 Å². The van der Waals surface area contributed by atoms with Crippen LogP contribution in [0.5, 0.6) is 0 Å². The van der Waals surface area contributed by atoms with Crippen LogP contribution in [0.2, 0.25) is 0 Å². The van der Waals surface area contributed by atoms with Crippen LogP contribution in [0.3, 0.4) is 0 Å². The number of morpholine rings is 1. The summed E-state index contributed by atoms with van der Waals surface area (Å²) in [5.74, 6) is 1.96. The van der Waals surface area contributed by atoms with Crippen molar-refractivity contribution in [1.82, 2.24) is 19.8 Å². The Morgan fingerprint density at radius 1 is 1.16 bits per heavy atom. The highest BCUT2D eigenvalue weighted by Crippen LogP contribution is 2.17. The second-order valence-corrected chi connectivity index (χ2v) is 7.49. The number of ether oxygens (including phenoxy) is 1. The number of aromatic nitrogens is 2. The van der Waals surface area contributed by atoms with Crippen LogP contribution in [0.4, 0.5) is 5.82 Å². The average Bonchev–Trinajstić information content (AvgIpc) is 2.62. The van der Waals surface area contributed by atoms with Crippen molar-refractivity contribution >= 4 is 5.82 Å². The van der Waals surface area contributed by atoms with Crippen LogP contribution in [0.25, 0.3) is 0 Å². The van der Waals surface area contributed by atoms with Crippen molar-refractivity contribution in [3.63, 3.8) is 0 Å². The van der Waals surface area contributed by atoms with E-state index in [1.807, 2.05) is 6.92 Å². The highest BCUT2D eigenvalue weighted by molar-refractivity contribution is 5.40. The molecule has 0 saturated carbocycles. The lowest BCUT2D eigenvalue weighted by Crippen LogP contribution is -2.53. The Hall–Kier alpha value is -1.24. The molecule has 3 rings (SSSR count). The Labute approximate surface area is 152 Å². The van der Waals surface area contributed by atoms with E-state index in [-0.39, 0.29) is 0 Å². The predicted molar refractivity (Wildman–Crippen MR) is 101 cm³/mol. The van der Waals surface area contributed by atoms with Crippen molar-refractivity contribution in [2.45, 2.75) is 46.3 Å². The molecule has 6 heteroatoms. The third-order valence-corrected chi connectivity index (χ3v) is 5.30. The van der Waals surface area contributed by atoms with E-state index in [0.29, 0.717) is 12.1 Å². The van der Waals surface area contributed by atoms with Gasteiger partial charge in [0.15, 0.2) is 0 Å². The van der Waals surface area contributed by atoms with Crippen LogP contribution in [0.15, 0.2) is 6.07 Å². The summed E-state index contributed by atoms with van der Waals surface area (Å²) in [4.78, 5) is 16.6. The Morgan fingerprint density at radius 2 is 1.92 bits per heavy atom. The summed E-state index contributed by atoms with van der Waals surface area (Å²) < 4.78 is 6.00. The average molecular weight is 348 g/mol. The van der Waals surface area contributed by atoms with Crippen LogP contribution in [-0.2, 0) is 11.2 Å². The maximum Gasteiger partial charge on any atom is 0.132 e. The van der Waals surface area contributed by atoms with Gasteiger partial charge in [0.2, 0.25) is 0 Å². The van der Waals surface area contributed by atoms with E-state index in [0.717, 1.165) is 76.2 Å². The highest BCUT2D eigenvalue weighted by Gasteiger charge is 2.26. The minimum atomic E-state index is 0.343. The number of hydrogen-bond donors (Lipinski definition) is 0. The largest absolute Gasteiger partial charge is 0.374 e. The lowest BCUT2D eigenvalue weighted by Gasteiger charge is -2.40. The summed E-state index contributed by atoms with van der Waals surface area (Å²) >= 11 is 0. The SMILES string of the molecule is CCc1cc(N2CCN(CC3CN(C(C)C)CCO3)CC2)nc(C)n1. The van der Waals surface area contributed by atoms with Crippen molar-refractivity contribution < 1.29 is 4.74 Å². The van der Waals surface area contributed by atoms with Gasteiger partial charge in [-0.25, -0.2) is 9.97 Å². The standard InChI is InChI=1S/C19H33N5O/c1-5-17-12-19(21-16(4)20-17)23-8-6-22(7-9-23)13-18-14-24(15(2)3)10-11-25-18/h12,15,18H,5-11,13-14H2,1-4H3. The molecule has 6 nitrogen and oxygen atoms in total. The molecule has 1 aromatic rings. The third-order valence-electron chi connectivity index (χ3n) is 5.30. The minimum absolute atomic E-state index is 0.343. The fraction of sp³-hybridized carbons (Fsp3) is 0.789. The maximum absolute atomic E-state index is 6.00. The molecule has 0 bridgehead atoms. The Bertz CT molecular complexity index is 557. The van der Waals surface area contributed by atoms with E-state index in [1.54, 1.807) is 0 Å². The van der Waals surface area contributed by atoms with Gasteiger partial charge in [0.25, 0.3) is 0 Å². The molecule has 0 radical (unpaired) electrons. The molecule has 2 aliphatic rings. The molecule has 0 amide bonds. The molecule has 25 heavy (non-hydrogen) atoms. The normalized spacial score (nSPS) is 23.4. The topological polar surface area (TPSA) is 44.7 Å². The molecule has 0 aliphatic carbocycles. The molecule has 0 N–H and O–H groups in total. The van der Waals surface area contributed by atoms with E-state index < -0.39 is 0 Å². The molecule has 2 fully saturated rings. The Balaban J connectivity index is 1.51. The number of rotatable bonds is 5. The first-order valence-corrected chi connectivity index (χ1v) is 9.72. The van der Waals surface area contributed by atoms with Crippen molar-refractivity contribution in [3.8, 4) is 0 Å². The predicted octanol–water partition coefficient (Wildman–Crippen LogP) is 1.58. The smallest absolute Gasteiger partial charge is 0.132 e. The van der Waals surface area contributed by atoms with Crippen molar-refractivity contribution in [2.24, 2.45) is 0 Å². The van der Waals surface area contributed by atoms with Crippen LogP contribution in [0.1, 0.15) is 32.3 Å². The van der Waals surface area contributed by atoms with Gasteiger partial charge in [-0.1, -0.05) is 6.92 Å². The molecule has 140 valence electrons. The molecule has 3 heterocycles. The zero-order chi connectivity index (χ0) is 17.8. The lowest BCUT2D eigenvalue weighted by atomic mass is 10.2. The zero-order valence-electron chi connectivity index (χ0n) is 16.2. The van der Waals surface area contributed by atoms with Gasteiger partial charge in [-0.05, 0) is 27.2 Å². The second-order valence-electron chi connectivity index (χ2n) is 7.49. The van der Waals surface area contributed by atoms with E-state index in [2.05, 4.69) is 51.5 Å². The molecule has 1 atom stereocenters. The first-order valence-electron chi connectivity index (χ1n) is 9.72. The first kappa shape index (κ1) is 18.5. The molecule has 0 aromatic carbocycles. The summed E-state index contributed by atoms with van der Waals surface area (Å²) in [6, 6.07) is 2.75. The van der Waals surface area contributed by atoms with Gasteiger partial charge < -0.3 is 9.64 Å². The summed E-state index contributed by atoms with van der Waals surface area (Å²) in [6.45, 7) is 16.9. The van der Waals surface area contributed by atoms with Crippen LogP contribution in [0, 0.1) is 6.92 Å². The van der Waals surface area contributed by atoms with Crippen LogP contribution >= 0.6 is 0 Å². The zero-order valence-corrected chi connectivity index (χ0v) is 16.2. The maximum atomic E-state index is 6.00. The number of aryl methyl sites for hydroxylation is 2.